The van der Waals surface area contributed by atoms with Crippen molar-refractivity contribution < 1.29 is 9.52 Å². The van der Waals surface area contributed by atoms with E-state index in [2.05, 4.69) is 5.32 Å². The number of rotatable bonds is 5. The summed E-state index contributed by atoms with van der Waals surface area (Å²) in [7, 11) is 0. The summed E-state index contributed by atoms with van der Waals surface area (Å²) in [5.74, 6) is 0.819. The molecule has 2 N–H and O–H groups in total. The molecule has 2 rings (SSSR count). The topological polar surface area (TPSA) is 45.4 Å². The van der Waals surface area contributed by atoms with Gasteiger partial charge >= 0.3 is 0 Å². The van der Waals surface area contributed by atoms with Crippen LogP contribution >= 0.6 is 23.2 Å². The molecular formula is C13H13Cl2NO2. The molecule has 1 atom stereocenters. The van der Waals surface area contributed by atoms with Gasteiger partial charge in [0.05, 0.1) is 18.9 Å². The summed E-state index contributed by atoms with van der Waals surface area (Å²) in [6, 6.07) is 8.72. The van der Waals surface area contributed by atoms with Crippen LogP contribution < -0.4 is 5.32 Å². The number of aliphatic hydroxyl groups is 1. The van der Waals surface area contributed by atoms with Crippen LogP contribution in [0.5, 0.6) is 0 Å². The predicted molar refractivity (Wildman–Crippen MR) is 71.8 cm³/mol. The van der Waals surface area contributed by atoms with Crippen LogP contribution in [0, 0.1) is 0 Å². The van der Waals surface area contributed by atoms with Gasteiger partial charge in [-0.3, -0.25) is 0 Å². The fourth-order valence-corrected chi connectivity index (χ4v) is 2.05. The van der Waals surface area contributed by atoms with Crippen LogP contribution in [0.4, 0.5) is 0 Å². The van der Waals surface area contributed by atoms with Gasteiger partial charge in [0.2, 0.25) is 0 Å². The number of nitrogens with one attached hydrogen (secondary N) is 1. The molecule has 1 unspecified atom stereocenters. The van der Waals surface area contributed by atoms with E-state index >= 15 is 0 Å². The maximum Gasteiger partial charge on any atom is 0.117 e. The maximum absolute atomic E-state index is 10.0. The smallest absolute Gasteiger partial charge is 0.117 e. The summed E-state index contributed by atoms with van der Waals surface area (Å²) in [5.41, 5.74) is 0.621. The third-order valence-electron chi connectivity index (χ3n) is 2.53. The molecule has 96 valence electrons. The predicted octanol–water partition coefficient (Wildman–Crippen LogP) is 3.41. The second kappa shape index (κ2) is 6.25. The number of halogens is 2. The first-order valence-electron chi connectivity index (χ1n) is 5.53. The standard InChI is InChI=1S/C13H13Cl2NO2/c14-9-3-4-12(15)11(6-9)13(17)8-16-7-10-2-1-5-18-10/h1-6,13,16-17H,7-8H2. The molecule has 3 nitrogen and oxygen atoms in total. The van der Waals surface area contributed by atoms with Crippen molar-refractivity contribution in [3.05, 3.63) is 58.0 Å². The van der Waals surface area contributed by atoms with Crippen molar-refractivity contribution in [2.24, 2.45) is 0 Å². The minimum absolute atomic E-state index is 0.376. The van der Waals surface area contributed by atoms with Gasteiger partial charge in [0.1, 0.15) is 5.76 Å². The lowest BCUT2D eigenvalue weighted by molar-refractivity contribution is 0.173. The lowest BCUT2D eigenvalue weighted by Crippen LogP contribution is -2.21. The number of aliphatic hydroxyl groups excluding tert-OH is 1. The summed E-state index contributed by atoms with van der Waals surface area (Å²) in [6.45, 7) is 0.934. The van der Waals surface area contributed by atoms with Crippen LogP contribution in [-0.2, 0) is 6.54 Å². The summed E-state index contributed by atoms with van der Waals surface area (Å²) in [5, 5.41) is 14.2. The van der Waals surface area contributed by atoms with E-state index in [1.165, 1.54) is 0 Å². The van der Waals surface area contributed by atoms with Gasteiger partial charge in [-0.05, 0) is 30.3 Å². The summed E-state index contributed by atoms with van der Waals surface area (Å²) in [4.78, 5) is 0. The van der Waals surface area contributed by atoms with Gasteiger partial charge in [-0.2, -0.15) is 0 Å². The molecule has 0 amide bonds. The average Bonchev–Trinajstić information content (AvgIpc) is 2.85. The zero-order valence-corrected chi connectivity index (χ0v) is 11.1. The fraction of sp³-hybridized carbons (Fsp3) is 0.231. The lowest BCUT2D eigenvalue weighted by Gasteiger charge is -2.13. The molecule has 1 aromatic heterocycles. The number of benzene rings is 1. The molecule has 0 saturated carbocycles. The first-order chi connectivity index (χ1) is 8.66. The molecule has 0 aliphatic heterocycles. The van der Waals surface area contributed by atoms with Gasteiger partial charge in [-0.1, -0.05) is 23.2 Å². The Morgan fingerprint density at radius 2 is 2.11 bits per heavy atom. The minimum Gasteiger partial charge on any atom is -0.468 e. The Kier molecular flexibility index (Phi) is 4.66. The third-order valence-corrected chi connectivity index (χ3v) is 3.11. The first-order valence-corrected chi connectivity index (χ1v) is 6.28. The highest BCUT2D eigenvalue weighted by Gasteiger charge is 2.12. The third kappa shape index (κ3) is 3.50. The van der Waals surface area contributed by atoms with Gasteiger partial charge in [-0.25, -0.2) is 0 Å². The second-order valence-corrected chi connectivity index (χ2v) is 4.74. The molecule has 1 aromatic carbocycles. The molecular weight excluding hydrogens is 273 g/mol. The van der Waals surface area contributed by atoms with E-state index in [1.54, 1.807) is 24.5 Å². The molecule has 0 fully saturated rings. The zero-order valence-electron chi connectivity index (χ0n) is 9.57. The minimum atomic E-state index is -0.703. The molecule has 0 radical (unpaired) electrons. The van der Waals surface area contributed by atoms with Crippen molar-refractivity contribution in [3.8, 4) is 0 Å². The quantitative estimate of drug-likeness (QED) is 0.885. The normalized spacial score (nSPS) is 12.6. The maximum atomic E-state index is 10.0. The second-order valence-electron chi connectivity index (χ2n) is 3.89. The lowest BCUT2D eigenvalue weighted by atomic mass is 10.1. The van der Waals surface area contributed by atoms with Crippen LogP contribution in [0.15, 0.2) is 41.0 Å². The van der Waals surface area contributed by atoms with E-state index in [0.717, 1.165) is 5.76 Å². The van der Waals surface area contributed by atoms with Crippen LogP contribution in [0.3, 0.4) is 0 Å². The Balaban J connectivity index is 1.91. The molecule has 0 saturated heterocycles. The highest BCUT2D eigenvalue weighted by Crippen LogP contribution is 2.25. The molecule has 5 heteroatoms. The first kappa shape index (κ1) is 13.4. The molecule has 18 heavy (non-hydrogen) atoms. The number of hydrogen-bond acceptors (Lipinski definition) is 3. The van der Waals surface area contributed by atoms with Crippen LogP contribution in [0.25, 0.3) is 0 Å². The van der Waals surface area contributed by atoms with Crippen molar-refractivity contribution in [2.45, 2.75) is 12.6 Å². The van der Waals surface area contributed by atoms with Crippen molar-refractivity contribution in [1.82, 2.24) is 5.32 Å². The Bertz CT molecular complexity index is 500. The fourth-order valence-electron chi connectivity index (χ4n) is 1.63. The van der Waals surface area contributed by atoms with E-state index < -0.39 is 6.10 Å². The van der Waals surface area contributed by atoms with Crippen molar-refractivity contribution in [2.75, 3.05) is 6.54 Å². The molecule has 0 spiro atoms. The van der Waals surface area contributed by atoms with E-state index in [9.17, 15) is 5.11 Å². The Hall–Kier alpha value is -1.000. The van der Waals surface area contributed by atoms with E-state index in [1.807, 2.05) is 12.1 Å². The van der Waals surface area contributed by atoms with Gasteiger partial charge < -0.3 is 14.8 Å². The molecule has 0 aliphatic carbocycles. The number of hydrogen-bond donors (Lipinski definition) is 2. The summed E-state index contributed by atoms with van der Waals surface area (Å²) in [6.07, 6.45) is 0.910. The van der Waals surface area contributed by atoms with Crippen LogP contribution in [-0.4, -0.2) is 11.7 Å². The van der Waals surface area contributed by atoms with Gasteiger partial charge in [0.15, 0.2) is 0 Å². The Morgan fingerprint density at radius 1 is 1.28 bits per heavy atom. The van der Waals surface area contributed by atoms with Gasteiger partial charge in [-0.15, -0.1) is 0 Å². The summed E-state index contributed by atoms with van der Waals surface area (Å²) < 4.78 is 5.17. The van der Waals surface area contributed by atoms with Crippen molar-refractivity contribution in [1.29, 1.82) is 0 Å². The van der Waals surface area contributed by atoms with Crippen molar-refractivity contribution >= 4 is 23.2 Å². The molecule has 0 bridgehead atoms. The van der Waals surface area contributed by atoms with Crippen molar-refractivity contribution in [3.63, 3.8) is 0 Å². The molecule has 1 heterocycles. The summed E-state index contributed by atoms with van der Waals surface area (Å²) >= 11 is 11.9. The molecule has 2 aromatic rings. The molecule has 0 aliphatic rings. The van der Waals surface area contributed by atoms with E-state index in [-0.39, 0.29) is 0 Å². The van der Waals surface area contributed by atoms with Crippen LogP contribution in [0.1, 0.15) is 17.4 Å². The number of furan rings is 1. The average molecular weight is 286 g/mol. The van der Waals surface area contributed by atoms with E-state index in [0.29, 0.717) is 28.7 Å². The van der Waals surface area contributed by atoms with Gasteiger partial charge in [0, 0.05) is 22.2 Å². The SMILES string of the molecule is OC(CNCc1ccco1)c1cc(Cl)ccc1Cl. The van der Waals surface area contributed by atoms with Gasteiger partial charge in [0.25, 0.3) is 0 Å². The largest absolute Gasteiger partial charge is 0.468 e. The zero-order chi connectivity index (χ0) is 13.0. The highest BCUT2D eigenvalue weighted by molar-refractivity contribution is 6.33. The Labute approximate surface area is 115 Å². The van der Waals surface area contributed by atoms with Crippen LogP contribution in [0.2, 0.25) is 10.0 Å². The van der Waals surface area contributed by atoms with E-state index in [4.69, 9.17) is 27.6 Å². The highest BCUT2D eigenvalue weighted by atomic mass is 35.5. The monoisotopic (exact) mass is 285 g/mol. The Morgan fingerprint density at radius 3 is 2.83 bits per heavy atom.